The summed E-state index contributed by atoms with van der Waals surface area (Å²) in [4.78, 5) is 15.9. The fourth-order valence-corrected chi connectivity index (χ4v) is 2.75. The van der Waals surface area contributed by atoms with Gasteiger partial charge < -0.3 is 10.1 Å². The molecule has 0 bridgehead atoms. The minimum atomic E-state index is -0.320. The molecule has 0 unspecified atom stereocenters. The molecule has 8 heteroatoms. The van der Waals surface area contributed by atoms with Crippen LogP contribution in [0.3, 0.4) is 0 Å². The molecule has 2 aromatic heterocycles. The van der Waals surface area contributed by atoms with Crippen LogP contribution in [0, 0.1) is 0 Å². The SMILES string of the molecule is COc1ncccc1CNC(=O)Nc1nnc(C2CC2)s1. The fraction of sp³-hybridized carbons (Fsp3) is 0.385. The van der Waals surface area contributed by atoms with Crippen molar-refractivity contribution in [3.8, 4) is 5.88 Å². The number of ether oxygens (including phenoxy) is 1. The van der Waals surface area contributed by atoms with Crippen LogP contribution in [-0.2, 0) is 6.54 Å². The maximum Gasteiger partial charge on any atom is 0.321 e. The Balaban J connectivity index is 1.53. The zero-order chi connectivity index (χ0) is 14.7. The summed E-state index contributed by atoms with van der Waals surface area (Å²) in [5, 5.41) is 15.0. The summed E-state index contributed by atoms with van der Waals surface area (Å²) < 4.78 is 5.13. The smallest absolute Gasteiger partial charge is 0.321 e. The van der Waals surface area contributed by atoms with E-state index in [4.69, 9.17) is 4.74 Å². The molecule has 1 aliphatic rings. The Labute approximate surface area is 125 Å². The molecule has 2 amide bonds. The van der Waals surface area contributed by atoms with Crippen LogP contribution in [0.5, 0.6) is 5.88 Å². The summed E-state index contributed by atoms with van der Waals surface area (Å²) in [5.74, 6) is 1.05. The van der Waals surface area contributed by atoms with Gasteiger partial charge in [0.25, 0.3) is 0 Å². The molecule has 1 fully saturated rings. The Bertz CT molecular complexity index is 641. The van der Waals surface area contributed by atoms with Crippen molar-refractivity contribution in [1.82, 2.24) is 20.5 Å². The van der Waals surface area contributed by atoms with Gasteiger partial charge in [0.05, 0.1) is 7.11 Å². The predicted molar refractivity (Wildman–Crippen MR) is 78.5 cm³/mol. The molecule has 3 rings (SSSR count). The number of anilines is 1. The number of rotatable bonds is 5. The first kappa shape index (κ1) is 13.7. The van der Waals surface area contributed by atoms with E-state index in [0.29, 0.717) is 23.5 Å². The van der Waals surface area contributed by atoms with E-state index in [-0.39, 0.29) is 6.03 Å². The second kappa shape index (κ2) is 6.04. The third-order valence-electron chi connectivity index (χ3n) is 3.07. The number of nitrogens with zero attached hydrogens (tertiary/aromatic N) is 3. The highest BCUT2D eigenvalue weighted by Gasteiger charge is 2.27. The van der Waals surface area contributed by atoms with Gasteiger partial charge in [0.2, 0.25) is 11.0 Å². The summed E-state index contributed by atoms with van der Waals surface area (Å²) >= 11 is 1.43. The maximum absolute atomic E-state index is 11.8. The van der Waals surface area contributed by atoms with Gasteiger partial charge in [-0.15, -0.1) is 10.2 Å². The van der Waals surface area contributed by atoms with Gasteiger partial charge in [0.15, 0.2) is 0 Å². The van der Waals surface area contributed by atoms with Crippen LogP contribution < -0.4 is 15.4 Å². The van der Waals surface area contributed by atoms with Gasteiger partial charge in [-0.1, -0.05) is 17.4 Å². The summed E-state index contributed by atoms with van der Waals surface area (Å²) in [7, 11) is 1.55. The number of hydrogen-bond donors (Lipinski definition) is 2. The highest BCUT2D eigenvalue weighted by atomic mass is 32.1. The normalized spacial score (nSPS) is 13.8. The average Bonchev–Trinajstić information content (AvgIpc) is 3.26. The highest BCUT2D eigenvalue weighted by molar-refractivity contribution is 7.15. The third-order valence-corrected chi connectivity index (χ3v) is 4.07. The van der Waals surface area contributed by atoms with Crippen LogP contribution in [0.15, 0.2) is 18.3 Å². The Hall–Kier alpha value is -2.22. The molecule has 2 heterocycles. The first-order valence-corrected chi connectivity index (χ1v) is 7.44. The van der Waals surface area contributed by atoms with Crippen molar-refractivity contribution >= 4 is 22.5 Å². The van der Waals surface area contributed by atoms with Crippen LogP contribution in [-0.4, -0.2) is 28.3 Å². The number of aromatic nitrogens is 3. The summed E-state index contributed by atoms with van der Waals surface area (Å²) in [6.45, 7) is 0.330. The number of nitrogens with one attached hydrogen (secondary N) is 2. The van der Waals surface area contributed by atoms with Gasteiger partial charge in [-0.25, -0.2) is 9.78 Å². The zero-order valence-electron chi connectivity index (χ0n) is 11.5. The lowest BCUT2D eigenvalue weighted by molar-refractivity contribution is 0.251. The molecule has 0 saturated heterocycles. The molecule has 0 atom stereocenters. The van der Waals surface area contributed by atoms with Crippen LogP contribution in [0.4, 0.5) is 9.93 Å². The van der Waals surface area contributed by atoms with Crippen LogP contribution in [0.2, 0.25) is 0 Å². The summed E-state index contributed by atoms with van der Waals surface area (Å²) in [6, 6.07) is 3.33. The van der Waals surface area contributed by atoms with E-state index in [2.05, 4.69) is 25.8 Å². The van der Waals surface area contributed by atoms with Crippen LogP contribution >= 0.6 is 11.3 Å². The van der Waals surface area contributed by atoms with Gasteiger partial charge in [0.1, 0.15) is 5.01 Å². The van der Waals surface area contributed by atoms with Crippen molar-refractivity contribution in [3.63, 3.8) is 0 Å². The molecular weight excluding hydrogens is 290 g/mol. The maximum atomic E-state index is 11.8. The topological polar surface area (TPSA) is 89.0 Å². The molecule has 7 nitrogen and oxygen atoms in total. The van der Waals surface area contributed by atoms with Gasteiger partial charge in [0, 0.05) is 24.2 Å². The molecule has 0 spiro atoms. The third kappa shape index (κ3) is 3.46. The number of carbonyl (C=O) groups is 1. The van der Waals surface area contributed by atoms with E-state index in [9.17, 15) is 4.79 Å². The van der Waals surface area contributed by atoms with E-state index < -0.39 is 0 Å². The standard InChI is InChI=1S/C13H15N5O2S/c1-20-10-9(3-2-6-14-10)7-15-12(19)16-13-18-17-11(21-13)8-4-5-8/h2-3,6,8H,4-5,7H2,1H3,(H2,15,16,18,19). The molecule has 0 aliphatic heterocycles. The van der Waals surface area contributed by atoms with Gasteiger partial charge in [-0.3, -0.25) is 5.32 Å². The monoisotopic (exact) mass is 305 g/mol. The van der Waals surface area contributed by atoms with E-state index in [1.807, 2.05) is 6.07 Å². The molecule has 1 aliphatic carbocycles. The van der Waals surface area contributed by atoms with E-state index in [1.54, 1.807) is 19.4 Å². The fourth-order valence-electron chi connectivity index (χ4n) is 1.84. The van der Waals surface area contributed by atoms with E-state index >= 15 is 0 Å². The zero-order valence-corrected chi connectivity index (χ0v) is 12.3. The first-order valence-electron chi connectivity index (χ1n) is 6.62. The van der Waals surface area contributed by atoms with Crippen molar-refractivity contribution in [3.05, 3.63) is 28.9 Å². The molecule has 2 N–H and O–H groups in total. The van der Waals surface area contributed by atoms with Crippen molar-refractivity contribution in [2.45, 2.75) is 25.3 Å². The Morgan fingerprint density at radius 1 is 1.48 bits per heavy atom. The molecule has 1 saturated carbocycles. The molecule has 2 aromatic rings. The molecule has 0 aromatic carbocycles. The minimum Gasteiger partial charge on any atom is -0.481 e. The van der Waals surface area contributed by atoms with Gasteiger partial charge in [-0.2, -0.15) is 0 Å². The first-order chi connectivity index (χ1) is 10.3. The molecule has 110 valence electrons. The lowest BCUT2D eigenvalue weighted by Gasteiger charge is -2.08. The molecule has 0 radical (unpaired) electrons. The van der Waals surface area contributed by atoms with Crippen molar-refractivity contribution < 1.29 is 9.53 Å². The molecular formula is C13H15N5O2S. The number of pyridine rings is 1. The minimum absolute atomic E-state index is 0.320. The number of carbonyl (C=O) groups excluding carboxylic acids is 1. The van der Waals surface area contributed by atoms with Crippen LogP contribution in [0.25, 0.3) is 0 Å². The highest BCUT2D eigenvalue weighted by Crippen LogP contribution is 2.41. The second-order valence-electron chi connectivity index (χ2n) is 4.70. The number of methoxy groups -OCH3 is 1. The van der Waals surface area contributed by atoms with Gasteiger partial charge >= 0.3 is 6.03 Å². The summed E-state index contributed by atoms with van der Waals surface area (Å²) in [6.07, 6.45) is 3.98. The average molecular weight is 305 g/mol. The van der Waals surface area contributed by atoms with Gasteiger partial charge in [-0.05, 0) is 18.9 Å². The van der Waals surface area contributed by atoms with Crippen molar-refractivity contribution in [1.29, 1.82) is 0 Å². The van der Waals surface area contributed by atoms with Crippen molar-refractivity contribution in [2.24, 2.45) is 0 Å². The van der Waals surface area contributed by atoms with Crippen LogP contribution in [0.1, 0.15) is 29.3 Å². The lowest BCUT2D eigenvalue weighted by atomic mass is 10.3. The number of amides is 2. The lowest BCUT2D eigenvalue weighted by Crippen LogP contribution is -2.28. The Morgan fingerprint density at radius 2 is 2.33 bits per heavy atom. The van der Waals surface area contributed by atoms with E-state index in [0.717, 1.165) is 10.6 Å². The quantitative estimate of drug-likeness (QED) is 0.883. The van der Waals surface area contributed by atoms with E-state index in [1.165, 1.54) is 24.2 Å². The number of hydrogen-bond acceptors (Lipinski definition) is 6. The van der Waals surface area contributed by atoms with Crippen molar-refractivity contribution in [2.75, 3.05) is 12.4 Å². The second-order valence-corrected chi connectivity index (χ2v) is 5.71. The Kier molecular flexibility index (Phi) is 3.96. The number of urea groups is 1. The largest absolute Gasteiger partial charge is 0.481 e. The predicted octanol–water partition coefficient (Wildman–Crippen LogP) is 2.14. The molecule has 21 heavy (non-hydrogen) atoms. The summed E-state index contributed by atoms with van der Waals surface area (Å²) in [5.41, 5.74) is 0.811. The Morgan fingerprint density at radius 3 is 3.10 bits per heavy atom.